The van der Waals surface area contributed by atoms with E-state index in [-0.39, 0.29) is 16.3 Å². The van der Waals surface area contributed by atoms with Gasteiger partial charge in [-0.3, -0.25) is 0 Å². The minimum Gasteiger partial charge on any atom is -0.478 e. The molecule has 2 aromatic rings. The maximum absolute atomic E-state index is 11.9. The molecule has 0 aliphatic heterocycles. The number of benzene rings is 2. The van der Waals surface area contributed by atoms with Crippen molar-refractivity contribution in [3.63, 3.8) is 0 Å². The summed E-state index contributed by atoms with van der Waals surface area (Å²) in [5, 5.41) is 14.3. The van der Waals surface area contributed by atoms with Gasteiger partial charge in [0.05, 0.1) is 10.7 Å². The summed E-state index contributed by atoms with van der Waals surface area (Å²) >= 11 is 7.99. The monoisotopic (exact) mass is 416 g/mol. The molecule has 21 heavy (non-hydrogen) atoms. The predicted octanol–water partition coefficient (Wildman–Crippen LogP) is 4.29. The SMILES string of the molecule is O=C(Nc1ccc(I)cc1)Nc1cccc(Cl)c1C(=O)O. The lowest BCUT2D eigenvalue weighted by Crippen LogP contribution is -2.21. The number of amides is 2. The highest BCUT2D eigenvalue weighted by atomic mass is 127. The molecule has 2 rings (SSSR count). The molecule has 0 saturated heterocycles. The van der Waals surface area contributed by atoms with Crippen molar-refractivity contribution in [1.82, 2.24) is 0 Å². The molecular formula is C14H10ClIN2O3. The van der Waals surface area contributed by atoms with Gasteiger partial charge >= 0.3 is 12.0 Å². The molecule has 0 unspecified atom stereocenters. The van der Waals surface area contributed by atoms with Crippen molar-refractivity contribution in [2.75, 3.05) is 10.6 Å². The van der Waals surface area contributed by atoms with Crippen molar-refractivity contribution >= 4 is 57.6 Å². The van der Waals surface area contributed by atoms with E-state index >= 15 is 0 Å². The van der Waals surface area contributed by atoms with E-state index in [1.54, 1.807) is 18.2 Å². The number of aromatic carboxylic acids is 1. The summed E-state index contributed by atoms with van der Waals surface area (Å²) in [6.07, 6.45) is 0. The molecule has 7 heteroatoms. The van der Waals surface area contributed by atoms with E-state index in [0.717, 1.165) is 3.57 Å². The molecule has 0 aliphatic carbocycles. The highest BCUT2D eigenvalue weighted by Gasteiger charge is 2.16. The quantitative estimate of drug-likeness (QED) is 0.653. The topological polar surface area (TPSA) is 78.4 Å². The number of nitrogens with one attached hydrogen (secondary N) is 2. The first kappa shape index (κ1) is 15.6. The zero-order valence-electron chi connectivity index (χ0n) is 10.6. The Balaban J connectivity index is 2.15. The molecule has 108 valence electrons. The molecule has 0 radical (unpaired) electrons. The standard InChI is InChI=1S/C14H10ClIN2O3/c15-10-2-1-3-11(12(10)13(19)20)18-14(21)17-9-6-4-8(16)5-7-9/h1-7H,(H,19,20)(H2,17,18,21). The maximum atomic E-state index is 11.9. The number of carboxylic acid groups (broad SMARTS) is 1. The Hall–Kier alpha value is -1.80. The van der Waals surface area contributed by atoms with Gasteiger partial charge < -0.3 is 15.7 Å². The van der Waals surface area contributed by atoms with Gasteiger partial charge in [0.1, 0.15) is 5.56 Å². The number of urea groups is 1. The molecule has 0 bridgehead atoms. The van der Waals surface area contributed by atoms with Crippen LogP contribution in [0.1, 0.15) is 10.4 Å². The first-order chi connectivity index (χ1) is 9.97. The van der Waals surface area contributed by atoms with E-state index in [1.807, 2.05) is 12.1 Å². The van der Waals surface area contributed by atoms with E-state index in [4.69, 9.17) is 16.7 Å². The summed E-state index contributed by atoms with van der Waals surface area (Å²) in [4.78, 5) is 23.1. The zero-order valence-corrected chi connectivity index (χ0v) is 13.5. The maximum Gasteiger partial charge on any atom is 0.339 e. The fourth-order valence-corrected chi connectivity index (χ4v) is 2.28. The third kappa shape index (κ3) is 4.08. The van der Waals surface area contributed by atoms with Crippen LogP contribution in [0.3, 0.4) is 0 Å². The van der Waals surface area contributed by atoms with Crippen molar-refractivity contribution in [3.05, 3.63) is 56.6 Å². The van der Waals surface area contributed by atoms with Gasteiger partial charge in [-0.25, -0.2) is 9.59 Å². The second kappa shape index (κ2) is 6.77. The molecule has 0 heterocycles. The van der Waals surface area contributed by atoms with Gasteiger partial charge in [0.25, 0.3) is 0 Å². The molecule has 0 aromatic heterocycles. The highest BCUT2D eigenvalue weighted by molar-refractivity contribution is 14.1. The molecule has 0 spiro atoms. The van der Waals surface area contributed by atoms with Crippen LogP contribution in [0.15, 0.2) is 42.5 Å². The Morgan fingerprint density at radius 1 is 1.05 bits per heavy atom. The van der Waals surface area contributed by atoms with E-state index in [2.05, 4.69) is 33.2 Å². The van der Waals surface area contributed by atoms with Crippen molar-refractivity contribution in [2.24, 2.45) is 0 Å². The minimum atomic E-state index is -1.20. The molecule has 0 atom stereocenters. The summed E-state index contributed by atoms with van der Waals surface area (Å²) in [5.74, 6) is -1.20. The van der Waals surface area contributed by atoms with Gasteiger partial charge in [0.2, 0.25) is 0 Å². The Morgan fingerprint density at radius 2 is 1.71 bits per heavy atom. The lowest BCUT2D eigenvalue weighted by Gasteiger charge is -2.11. The minimum absolute atomic E-state index is 0.0644. The summed E-state index contributed by atoms with van der Waals surface area (Å²) < 4.78 is 1.04. The lowest BCUT2D eigenvalue weighted by atomic mass is 10.2. The number of hydrogen-bond donors (Lipinski definition) is 3. The third-order valence-corrected chi connectivity index (χ3v) is 3.61. The van der Waals surface area contributed by atoms with Gasteiger partial charge in [-0.2, -0.15) is 0 Å². The summed E-state index contributed by atoms with van der Waals surface area (Å²) in [7, 11) is 0. The number of carbonyl (C=O) groups excluding carboxylic acids is 1. The molecule has 0 fully saturated rings. The molecule has 5 nitrogen and oxygen atoms in total. The highest BCUT2D eigenvalue weighted by Crippen LogP contribution is 2.24. The van der Waals surface area contributed by atoms with E-state index in [1.165, 1.54) is 12.1 Å². The molecule has 3 N–H and O–H groups in total. The number of carbonyl (C=O) groups is 2. The Bertz CT molecular complexity index is 689. The van der Waals surface area contributed by atoms with Crippen LogP contribution in [0, 0.1) is 3.57 Å². The number of anilines is 2. The Labute approximate surface area is 139 Å². The van der Waals surface area contributed by atoms with Gasteiger partial charge in [-0.05, 0) is 59.0 Å². The summed E-state index contributed by atoms with van der Waals surface area (Å²) in [6.45, 7) is 0. The number of carboxylic acids is 1. The normalized spacial score (nSPS) is 10.0. The van der Waals surface area contributed by atoms with Gasteiger partial charge in [-0.15, -0.1) is 0 Å². The zero-order chi connectivity index (χ0) is 15.4. The number of halogens is 2. The predicted molar refractivity (Wildman–Crippen MR) is 90.2 cm³/mol. The molecular weight excluding hydrogens is 407 g/mol. The average molecular weight is 417 g/mol. The van der Waals surface area contributed by atoms with Gasteiger partial charge in [-0.1, -0.05) is 17.7 Å². The van der Waals surface area contributed by atoms with Gasteiger partial charge in [0.15, 0.2) is 0 Å². The van der Waals surface area contributed by atoms with Crippen molar-refractivity contribution in [2.45, 2.75) is 0 Å². The first-order valence-corrected chi connectivity index (χ1v) is 7.28. The van der Waals surface area contributed by atoms with Crippen LogP contribution in [-0.2, 0) is 0 Å². The molecule has 2 aromatic carbocycles. The second-order valence-electron chi connectivity index (χ2n) is 4.05. The van der Waals surface area contributed by atoms with E-state index in [0.29, 0.717) is 5.69 Å². The lowest BCUT2D eigenvalue weighted by molar-refractivity contribution is 0.0698. The van der Waals surface area contributed by atoms with Crippen molar-refractivity contribution in [1.29, 1.82) is 0 Å². The first-order valence-electron chi connectivity index (χ1n) is 5.83. The summed E-state index contributed by atoms with van der Waals surface area (Å²) in [6, 6.07) is 11.1. The smallest absolute Gasteiger partial charge is 0.339 e. The van der Waals surface area contributed by atoms with Crippen LogP contribution in [0.5, 0.6) is 0 Å². The fourth-order valence-electron chi connectivity index (χ4n) is 1.66. The third-order valence-electron chi connectivity index (χ3n) is 2.58. The van der Waals surface area contributed by atoms with Crippen LogP contribution in [-0.4, -0.2) is 17.1 Å². The van der Waals surface area contributed by atoms with Crippen molar-refractivity contribution < 1.29 is 14.7 Å². The fraction of sp³-hybridized carbons (Fsp3) is 0. The number of rotatable bonds is 3. The molecule has 0 saturated carbocycles. The van der Waals surface area contributed by atoms with Crippen LogP contribution in [0.4, 0.5) is 16.2 Å². The Morgan fingerprint density at radius 3 is 2.33 bits per heavy atom. The van der Waals surface area contributed by atoms with Crippen LogP contribution in [0.2, 0.25) is 5.02 Å². The van der Waals surface area contributed by atoms with Crippen LogP contribution >= 0.6 is 34.2 Å². The molecule has 0 aliphatic rings. The van der Waals surface area contributed by atoms with Crippen LogP contribution < -0.4 is 10.6 Å². The second-order valence-corrected chi connectivity index (χ2v) is 5.71. The van der Waals surface area contributed by atoms with Crippen LogP contribution in [0.25, 0.3) is 0 Å². The number of hydrogen-bond acceptors (Lipinski definition) is 2. The van der Waals surface area contributed by atoms with E-state index in [9.17, 15) is 9.59 Å². The Kier molecular flexibility index (Phi) is 5.03. The molecule has 2 amide bonds. The van der Waals surface area contributed by atoms with Crippen molar-refractivity contribution in [3.8, 4) is 0 Å². The summed E-state index contributed by atoms with van der Waals surface area (Å²) in [5.41, 5.74) is 0.599. The van der Waals surface area contributed by atoms with Gasteiger partial charge in [0, 0.05) is 9.26 Å². The van der Waals surface area contributed by atoms with E-state index < -0.39 is 12.0 Å². The average Bonchev–Trinajstić information content (AvgIpc) is 2.41. The largest absolute Gasteiger partial charge is 0.478 e.